The molecule has 0 fully saturated rings. The van der Waals surface area contributed by atoms with Gasteiger partial charge in [0.05, 0.1) is 0 Å². The Kier molecular flexibility index (Phi) is 3.14. The zero-order valence-corrected chi connectivity index (χ0v) is 11.1. The zero-order chi connectivity index (χ0) is 14.1. The number of nitrogens with one attached hydrogen (secondary N) is 2. The Balaban J connectivity index is 1.72. The van der Waals surface area contributed by atoms with Gasteiger partial charge in [-0.3, -0.25) is 4.79 Å². The molecular weight excluding hydrogens is 255 g/mol. The topological polar surface area (TPSA) is 41.1 Å². The van der Waals surface area contributed by atoms with E-state index in [2.05, 4.69) is 10.6 Å². The molecule has 2 N–H and O–H groups in total. The fraction of sp³-hybridized carbons (Fsp3) is 0.188. The number of para-hydroxylation sites is 1. The second kappa shape index (κ2) is 4.96. The van der Waals surface area contributed by atoms with Gasteiger partial charge < -0.3 is 10.6 Å². The molecule has 3 nitrogen and oxygen atoms in total. The molecule has 3 rings (SSSR count). The molecule has 102 valence electrons. The molecule has 4 heteroatoms. The van der Waals surface area contributed by atoms with E-state index in [0.29, 0.717) is 12.1 Å². The Hall–Kier alpha value is -2.36. The molecule has 0 radical (unpaired) electrons. The lowest BCUT2D eigenvalue weighted by molar-refractivity contribution is -0.116. The molecule has 1 unspecified atom stereocenters. The van der Waals surface area contributed by atoms with E-state index in [-0.39, 0.29) is 17.8 Å². The van der Waals surface area contributed by atoms with Crippen LogP contribution in [0.25, 0.3) is 0 Å². The van der Waals surface area contributed by atoms with Gasteiger partial charge in [0, 0.05) is 17.8 Å². The van der Waals surface area contributed by atoms with Crippen LogP contribution in [0.3, 0.4) is 0 Å². The molecular formula is C16H15FN2O. The maximum atomic E-state index is 13.3. The molecule has 0 saturated carbocycles. The predicted octanol–water partition coefficient (Wildman–Crippen LogP) is 3.11. The molecule has 0 aromatic heterocycles. The van der Waals surface area contributed by atoms with Crippen LogP contribution in [0.2, 0.25) is 0 Å². The van der Waals surface area contributed by atoms with Gasteiger partial charge in [0.15, 0.2) is 0 Å². The summed E-state index contributed by atoms with van der Waals surface area (Å²) in [4.78, 5) is 12.2. The highest BCUT2D eigenvalue weighted by Gasteiger charge is 2.26. The van der Waals surface area contributed by atoms with Crippen LogP contribution < -0.4 is 10.6 Å². The maximum Gasteiger partial charge on any atom is 0.247 e. The average Bonchev–Trinajstić information content (AvgIpc) is 2.81. The lowest BCUT2D eigenvalue weighted by Gasteiger charge is -2.12. The number of benzene rings is 2. The van der Waals surface area contributed by atoms with E-state index in [0.717, 1.165) is 16.8 Å². The largest absolute Gasteiger partial charge is 0.373 e. The van der Waals surface area contributed by atoms with Gasteiger partial charge in [-0.2, -0.15) is 0 Å². The first-order valence-corrected chi connectivity index (χ1v) is 6.54. The molecule has 1 aliphatic heterocycles. The number of amides is 1. The Labute approximate surface area is 116 Å². The standard InChI is InChI=1S/C16H15FN2O/c1-10-6-12(17)9-13(7-10)18-16(20)15-8-11-4-2-3-5-14(11)19-15/h2-7,9,15,19H,8H2,1H3,(H,18,20). The molecule has 0 bridgehead atoms. The third-order valence-electron chi connectivity index (χ3n) is 3.40. The van der Waals surface area contributed by atoms with E-state index in [1.54, 1.807) is 13.0 Å². The number of fused-ring (bicyclic) bond motifs is 1. The minimum atomic E-state index is -0.344. The molecule has 1 heterocycles. The van der Waals surface area contributed by atoms with Gasteiger partial charge in [0.25, 0.3) is 0 Å². The SMILES string of the molecule is Cc1cc(F)cc(NC(=O)C2Cc3ccccc3N2)c1. The van der Waals surface area contributed by atoms with Crippen molar-refractivity contribution >= 4 is 17.3 Å². The van der Waals surface area contributed by atoms with Gasteiger partial charge in [0.1, 0.15) is 11.9 Å². The van der Waals surface area contributed by atoms with Gasteiger partial charge in [-0.15, -0.1) is 0 Å². The molecule has 20 heavy (non-hydrogen) atoms. The number of aryl methyl sites for hydroxylation is 1. The smallest absolute Gasteiger partial charge is 0.247 e. The van der Waals surface area contributed by atoms with Gasteiger partial charge in [-0.1, -0.05) is 18.2 Å². The van der Waals surface area contributed by atoms with E-state index < -0.39 is 0 Å². The monoisotopic (exact) mass is 270 g/mol. The van der Waals surface area contributed by atoms with E-state index in [1.165, 1.54) is 12.1 Å². The van der Waals surface area contributed by atoms with Gasteiger partial charge in [0.2, 0.25) is 5.91 Å². The Bertz CT molecular complexity index is 624. The molecule has 0 aliphatic carbocycles. The second-order valence-electron chi connectivity index (χ2n) is 5.06. The summed E-state index contributed by atoms with van der Waals surface area (Å²) in [7, 11) is 0. The van der Waals surface area contributed by atoms with Crippen molar-refractivity contribution in [1.29, 1.82) is 0 Å². The highest BCUT2D eigenvalue weighted by atomic mass is 19.1. The second-order valence-corrected chi connectivity index (χ2v) is 5.06. The number of halogens is 1. The summed E-state index contributed by atoms with van der Waals surface area (Å²) >= 11 is 0. The lowest BCUT2D eigenvalue weighted by Crippen LogP contribution is -2.32. The number of rotatable bonds is 2. The molecule has 1 atom stereocenters. The van der Waals surface area contributed by atoms with Crippen molar-refractivity contribution in [2.24, 2.45) is 0 Å². The zero-order valence-electron chi connectivity index (χ0n) is 11.1. The number of hydrogen-bond donors (Lipinski definition) is 2. The van der Waals surface area contributed by atoms with Crippen molar-refractivity contribution in [2.45, 2.75) is 19.4 Å². The summed E-state index contributed by atoms with van der Waals surface area (Å²) in [5.74, 6) is -0.492. The average molecular weight is 270 g/mol. The van der Waals surface area contributed by atoms with E-state index in [4.69, 9.17) is 0 Å². The van der Waals surface area contributed by atoms with Gasteiger partial charge >= 0.3 is 0 Å². The van der Waals surface area contributed by atoms with Crippen molar-refractivity contribution in [3.63, 3.8) is 0 Å². The Morgan fingerprint density at radius 3 is 2.85 bits per heavy atom. The first-order chi connectivity index (χ1) is 9.61. The number of hydrogen-bond acceptors (Lipinski definition) is 2. The van der Waals surface area contributed by atoms with Crippen LogP contribution in [0.1, 0.15) is 11.1 Å². The normalized spacial score (nSPS) is 16.4. The Morgan fingerprint density at radius 1 is 1.30 bits per heavy atom. The van der Waals surface area contributed by atoms with E-state index in [1.807, 2.05) is 24.3 Å². The van der Waals surface area contributed by atoms with Crippen molar-refractivity contribution in [3.8, 4) is 0 Å². The third-order valence-corrected chi connectivity index (χ3v) is 3.40. The predicted molar refractivity (Wildman–Crippen MR) is 77.3 cm³/mol. The highest BCUT2D eigenvalue weighted by Crippen LogP contribution is 2.26. The van der Waals surface area contributed by atoms with Gasteiger partial charge in [-0.05, 0) is 42.3 Å². The van der Waals surface area contributed by atoms with Gasteiger partial charge in [-0.25, -0.2) is 4.39 Å². The number of carbonyl (C=O) groups is 1. The summed E-state index contributed by atoms with van der Waals surface area (Å²) in [5.41, 5.74) is 3.39. The lowest BCUT2D eigenvalue weighted by atomic mass is 10.1. The first-order valence-electron chi connectivity index (χ1n) is 6.54. The van der Waals surface area contributed by atoms with Crippen LogP contribution in [0.5, 0.6) is 0 Å². The number of carbonyl (C=O) groups excluding carboxylic acids is 1. The molecule has 2 aromatic carbocycles. The summed E-state index contributed by atoms with van der Waals surface area (Å²) in [6.07, 6.45) is 0.649. The van der Waals surface area contributed by atoms with Crippen LogP contribution in [0.4, 0.5) is 15.8 Å². The van der Waals surface area contributed by atoms with Crippen molar-refractivity contribution < 1.29 is 9.18 Å². The van der Waals surface area contributed by atoms with Crippen LogP contribution in [0.15, 0.2) is 42.5 Å². The van der Waals surface area contributed by atoms with Crippen LogP contribution >= 0.6 is 0 Å². The minimum absolute atomic E-state index is 0.147. The maximum absolute atomic E-state index is 13.3. The van der Waals surface area contributed by atoms with E-state index in [9.17, 15) is 9.18 Å². The Morgan fingerprint density at radius 2 is 2.10 bits per heavy atom. The number of anilines is 2. The fourth-order valence-corrected chi connectivity index (χ4v) is 2.49. The van der Waals surface area contributed by atoms with Crippen LogP contribution in [-0.4, -0.2) is 11.9 Å². The first kappa shape index (κ1) is 12.7. The van der Waals surface area contributed by atoms with Crippen LogP contribution in [-0.2, 0) is 11.2 Å². The summed E-state index contributed by atoms with van der Waals surface area (Å²) in [6.45, 7) is 1.79. The molecule has 2 aromatic rings. The van der Waals surface area contributed by atoms with Crippen molar-refractivity contribution in [1.82, 2.24) is 0 Å². The summed E-state index contributed by atoms with van der Waals surface area (Å²) < 4.78 is 13.3. The third kappa shape index (κ3) is 2.50. The fourth-order valence-electron chi connectivity index (χ4n) is 2.49. The molecule has 1 aliphatic rings. The molecule has 0 spiro atoms. The van der Waals surface area contributed by atoms with E-state index >= 15 is 0 Å². The van der Waals surface area contributed by atoms with Crippen molar-refractivity contribution in [2.75, 3.05) is 10.6 Å². The molecule has 1 amide bonds. The minimum Gasteiger partial charge on any atom is -0.373 e. The summed E-state index contributed by atoms with van der Waals surface area (Å²) in [5, 5.41) is 5.94. The van der Waals surface area contributed by atoms with Crippen molar-refractivity contribution in [3.05, 3.63) is 59.4 Å². The quantitative estimate of drug-likeness (QED) is 0.880. The summed E-state index contributed by atoms with van der Waals surface area (Å²) in [6, 6.07) is 12.0. The molecule has 0 saturated heterocycles. The van der Waals surface area contributed by atoms with Crippen LogP contribution in [0, 0.1) is 12.7 Å². The highest BCUT2D eigenvalue weighted by molar-refractivity contribution is 5.98.